The van der Waals surface area contributed by atoms with Gasteiger partial charge in [0.1, 0.15) is 11.5 Å². The number of nitriles is 1. The summed E-state index contributed by atoms with van der Waals surface area (Å²) in [4.78, 5) is 21.6. The topological polar surface area (TPSA) is 102 Å². The number of rotatable bonds is 6. The van der Waals surface area contributed by atoms with Crippen LogP contribution in [0.15, 0.2) is 66.7 Å². The average Bonchev–Trinajstić information content (AvgIpc) is 2.73. The Hall–Kier alpha value is -4.25. The molecule has 0 aliphatic rings. The lowest BCUT2D eigenvalue weighted by Gasteiger charge is -2.08. The van der Waals surface area contributed by atoms with E-state index in [1.807, 2.05) is 12.1 Å². The molecule has 144 valence electrons. The first-order chi connectivity index (χ1) is 14.0. The van der Waals surface area contributed by atoms with Gasteiger partial charge in [0.15, 0.2) is 6.61 Å². The fourth-order valence-electron chi connectivity index (χ4n) is 2.48. The van der Waals surface area contributed by atoms with Crippen LogP contribution < -0.4 is 9.47 Å². The third-order valence-electron chi connectivity index (χ3n) is 3.91. The second-order valence-electron chi connectivity index (χ2n) is 5.85. The van der Waals surface area contributed by atoms with Gasteiger partial charge in [0.05, 0.1) is 16.6 Å². The zero-order valence-corrected chi connectivity index (χ0v) is 14.9. The minimum absolute atomic E-state index is 0.0267. The summed E-state index contributed by atoms with van der Waals surface area (Å²) in [6.45, 7) is -0.491. The normalized spacial score (nSPS) is 10.1. The lowest BCUT2D eigenvalue weighted by Crippen LogP contribution is -2.17. The molecule has 0 atom stereocenters. The molecule has 0 spiro atoms. The van der Waals surface area contributed by atoms with Crippen LogP contribution in [0.2, 0.25) is 0 Å². The van der Waals surface area contributed by atoms with Crippen molar-refractivity contribution >= 4 is 11.7 Å². The monoisotopic (exact) mass is 392 g/mol. The summed E-state index contributed by atoms with van der Waals surface area (Å²) < 4.78 is 23.8. The van der Waals surface area contributed by atoms with Crippen LogP contribution in [0.3, 0.4) is 0 Å². The first kappa shape index (κ1) is 19.5. The summed E-state index contributed by atoms with van der Waals surface area (Å²) in [5.41, 5.74) is 1.67. The minimum atomic E-state index is -1.06. The Bertz CT molecular complexity index is 1090. The lowest BCUT2D eigenvalue weighted by atomic mass is 10.0. The van der Waals surface area contributed by atoms with E-state index in [1.165, 1.54) is 6.07 Å². The second-order valence-corrected chi connectivity index (χ2v) is 5.85. The zero-order chi connectivity index (χ0) is 20.8. The Balaban J connectivity index is 1.57. The van der Waals surface area contributed by atoms with E-state index < -0.39 is 29.0 Å². The Kier molecular flexibility index (Phi) is 5.80. The van der Waals surface area contributed by atoms with Gasteiger partial charge < -0.3 is 9.47 Å². The molecule has 29 heavy (non-hydrogen) atoms. The van der Waals surface area contributed by atoms with E-state index in [1.54, 1.807) is 36.4 Å². The van der Waals surface area contributed by atoms with Gasteiger partial charge in [-0.3, -0.25) is 10.1 Å². The molecular formula is C21H13FN2O5. The summed E-state index contributed by atoms with van der Waals surface area (Å²) in [5.74, 6) is -1.50. The number of ether oxygens (including phenoxy) is 2. The highest BCUT2D eigenvalue weighted by Gasteiger charge is 2.15. The largest absolute Gasteiger partial charge is 0.482 e. The molecule has 8 heteroatoms. The van der Waals surface area contributed by atoms with Crippen LogP contribution in [0.25, 0.3) is 11.1 Å². The number of hydrogen-bond donors (Lipinski definition) is 0. The smallest absolute Gasteiger partial charge is 0.349 e. The highest BCUT2D eigenvalue weighted by atomic mass is 19.1. The van der Waals surface area contributed by atoms with Crippen molar-refractivity contribution in [2.45, 2.75) is 0 Å². The average molecular weight is 392 g/mol. The van der Waals surface area contributed by atoms with Gasteiger partial charge in [-0.15, -0.1) is 0 Å². The van der Waals surface area contributed by atoms with Crippen molar-refractivity contribution in [2.24, 2.45) is 0 Å². The molecule has 0 fully saturated rings. The summed E-state index contributed by atoms with van der Waals surface area (Å²) in [5, 5.41) is 19.4. The molecule has 0 bridgehead atoms. The third kappa shape index (κ3) is 4.93. The van der Waals surface area contributed by atoms with Crippen molar-refractivity contribution in [3.8, 4) is 28.7 Å². The van der Waals surface area contributed by atoms with Crippen molar-refractivity contribution in [3.05, 3.63) is 88.2 Å². The van der Waals surface area contributed by atoms with Crippen LogP contribution in [0.4, 0.5) is 10.1 Å². The van der Waals surface area contributed by atoms with Crippen LogP contribution in [-0.4, -0.2) is 17.5 Å². The molecule has 3 aromatic carbocycles. The number of nitro groups is 1. The Morgan fingerprint density at radius 2 is 1.59 bits per heavy atom. The van der Waals surface area contributed by atoms with Crippen molar-refractivity contribution < 1.29 is 23.6 Å². The van der Waals surface area contributed by atoms with Gasteiger partial charge in [0.25, 0.3) is 0 Å². The fourth-order valence-corrected chi connectivity index (χ4v) is 2.48. The molecule has 0 unspecified atom stereocenters. The predicted molar refractivity (Wildman–Crippen MR) is 101 cm³/mol. The van der Waals surface area contributed by atoms with Gasteiger partial charge >= 0.3 is 11.7 Å². The minimum Gasteiger partial charge on any atom is -0.482 e. The molecule has 0 saturated heterocycles. The lowest BCUT2D eigenvalue weighted by molar-refractivity contribution is -0.387. The van der Waals surface area contributed by atoms with E-state index in [0.717, 1.165) is 23.3 Å². The number of esters is 1. The molecular weight excluding hydrogens is 379 g/mol. The zero-order valence-electron chi connectivity index (χ0n) is 14.9. The molecule has 3 rings (SSSR count). The van der Waals surface area contributed by atoms with Gasteiger partial charge in [-0.1, -0.05) is 24.3 Å². The van der Waals surface area contributed by atoms with E-state index in [2.05, 4.69) is 6.07 Å². The molecule has 0 N–H and O–H groups in total. The third-order valence-corrected chi connectivity index (χ3v) is 3.91. The van der Waals surface area contributed by atoms with Crippen LogP contribution in [0.5, 0.6) is 11.5 Å². The summed E-state index contributed by atoms with van der Waals surface area (Å²) in [6, 6.07) is 18.8. The van der Waals surface area contributed by atoms with Gasteiger partial charge in [0.2, 0.25) is 5.82 Å². The van der Waals surface area contributed by atoms with E-state index in [9.17, 15) is 19.3 Å². The number of nitrogens with zero attached hydrogens (tertiary/aromatic N) is 2. The van der Waals surface area contributed by atoms with Crippen molar-refractivity contribution in [1.82, 2.24) is 0 Å². The number of halogens is 1. The number of benzene rings is 3. The molecule has 0 aromatic heterocycles. The molecule has 0 aliphatic heterocycles. The molecule has 0 heterocycles. The quantitative estimate of drug-likeness (QED) is 0.269. The predicted octanol–water partition coefficient (Wildman–Crippen LogP) is 4.26. The van der Waals surface area contributed by atoms with Crippen molar-refractivity contribution in [3.63, 3.8) is 0 Å². The van der Waals surface area contributed by atoms with Crippen LogP contribution in [-0.2, 0) is 4.79 Å². The molecule has 0 amide bonds. The Morgan fingerprint density at radius 3 is 2.14 bits per heavy atom. The second kappa shape index (κ2) is 8.63. The maximum atomic E-state index is 13.5. The molecule has 0 saturated carbocycles. The highest BCUT2D eigenvalue weighted by molar-refractivity contribution is 5.74. The SMILES string of the molecule is N#Cc1ccc(-c2ccc(OC(=O)COc3ccc([N+](=O)[O-])c(F)c3)cc2)cc1. The molecule has 0 radical (unpaired) electrons. The van der Waals surface area contributed by atoms with Crippen LogP contribution >= 0.6 is 0 Å². The summed E-state index contributed by atoms with van der Waals surface area (Å²) in [6.07, 6.45) is 0. The van der Waals surface area contributed by atoms with Crippen molar-refractivity contribution in [2.75, 3.05) is 6.61 Å². The standard InChI is InChI=1S/C21H13FN2O5/c22-19-11-18(9-10-20(19)24(26)27)28-13-21(25)29-17-7-5-16(6-8-17)15-3-1-14(12-23)2-4-15/h1-11H,13H2. The number of carbonyl (C=O) groups excluding carboxylic acids is 1. The van der Waals surface area contributed by atoms with Gasteiger partial charge in [-0.25, -0.2) is 4.79 Å². The first-order valence-corrected chi connectivity index (χ1v) is 8.34. The van der Waals surface area contributed by atoms with Crippen LogP contribution in [0.1, 0.15) is 5.56 Å². The van der Waals surface area contributed by atoms with Gasteiger partial charge in [-0.05, 0) is 41.5 Å². The number of nitro benzene ring substituents is 1. The Labute approximate surface area is 164 Å². The fraction of sp³-hybridized carbons (Fsp3) is 0.0476. The number of hydrogen-bond acceptors (Lipinski definition) is 6. The molecule has 7 nitrogen and oxygen atoms in total. The molecule has 0 aliphatic carbocycles. The van der Waals surface area contributed by atoms with Crippen LogP contribution in [0, 0.1) is 27.3 Å². The molecule has 3 aromatic rings. The maximum Gasteiger partial charge on any atom is 0.349 e. The van der Waals surface area contributed by atoms with Gasteiger partial charge in [0, 0.05) is 12.1 Å². The van der Waals surface area contributed by atoms with E-state index in [0.29, 0.717) is 11.3 Å². The maximum absolute atomic E-state index is 13.5. The summed E-state index contributed by atoms with van der Waals surface area (Å²) in [7, 11) is 0. The highest BCUT2D eigenvalue weighted by Crippen LogP contribution is 2.24. The Morgan fingerprint density at radius 1 is 1.00 bits per heavy atom. The summed E-state index contributed by atoms with van der Waals surface area (Å²) >= 11 is 0. The van der Waals surface area contributed by atoms with Crippen molar-refractivity contribution in [1.29, 1.82) is 5.26 Å². The van der Waals surface area contributed by atoms with E-state index in [-0.39, 0.29) is 5.75 Å². The van der Waals surface area contributed by atoms with Gasteiger partial charge in [-0.2, -0.15) is 9.65 Å². The number of carbonyl (C=O) groups is 1. The first-order valence-electron chi connectivity index (χ1n) is 8.34. The van der Waals surface area contributed by atoms with E-state index >= 15 is 0 Å². The van der Waals surface area contributed by atoms with E-state index in [4.69, 9.17) is 14.7 Å².